The number of carbonyl (C=O) groups is 5. The van der Waals surface area contributed by atoms with Crippen molar-refractivity contribution in [2.45, 2.75) is 136 Å². The van der Waals surface area contributed by atoms with Crippen molar-refractivity contribution in [3.8, 4) is 0 Å². The average Bonchev–Trinajstić information content (AvgIpc) is 3.48. The second kappa shape index (κ2) is 21.5. The molecule has 0 aromatic heterocycles. The van der Waals surface area contributed by atoms with Crippen LogP contribution in [0.1, 0.15) is 80.7 Å². The van der Waals surface area contributed by atoms with Gasteiger partial charge in [0.15, 0.2) is 6.10 Å². The summed E-state index contributed by atoms with van der Waals surface area (Å²) in [6, 6.07) is 6.74. The van der Waals surface area contributed by atoms with Gasteiger partial charge in [0.25, 0.3) is 5.91 Å². The van der Waals surface area contributed by atoms with Gasteiger partial charge in [-0.2, -0.15) is 0 Å². The molecule has 0 unspecified atom stereocenters. The third kappa shape index (κ3) is 13.4. The summed E-state index contributed by atoms with van der Waals surface area (Å²) in [7, 11) is 5.98. The first kappa shape index (κ1) is 47.4. The van der Waals surface area contributed by atoms with Gasteiger partial charge in [0, 0.05) is 41.4 Å². The van der Waals surface area contributed by atoms with Crippen LogP contribution in [0.4, 0.5) is 4.79 Å². The number of aliphatic hydroxyl groups excluding tert-OH is 1. The number of hydrogen-bond donors (Lipinski definition) is 4. The van der Waals surface area contributed by atoms with E-state index in [4.69, 9.17) is 18.9 Å². The standard InChI is InChI=1S/C40H67N5O10/c1-14-25(6)32(44(10)38(50)30(23(2)3)43-36(48)31(24(4)5)45(11)39(51)55-40(7,8)9)27(46)20-29(47)41-22-28-33(52-12)34(53-13)35(54-28)37(49)42-21-26-18-16-15-17-19-26/h15-19,23-25,27-28,30-35,46H,14,20-22H2,1-13H3,(H,41,47)(H,42,49)(H,43,48)/t25-,27+,28+,30-,31-,32-,33+,34-,35+/m0/s1. The van der Waals surface area contributed by atoms with Crippen LogP contribution < -0.4 is 16.0 Å². The smallest absolute Gasteiger partial charge is 0.410 e. The maximum absolute atomic E-state index is 14.1. The molecule has 1 aromatic rings. The Morgan fingerprint density at radius 1 is 0.891 bits per heavy atom. The summed E-state index contributed by atoms with van der Waals surface area (Å²) in [5, 5.41) is 20.0. The molecule has 1 aliphatic heterocycles. The highest BCUT2D eigenvalue weighted by molar-refractivity contribution is 5.91. The molecule has 0 saturated carbocycles. The lowest BCUT2D eigenvalue weighted by molar-refractivity contribution is -0.144. The normalized spacial score (nSPS) is 21.2. The van der Waals surface area contributed by atoms with E-state index in [0.717, 1.165) is 5.56 Å². The van der Waals surface area contributed by atoms with Gasteiger partial charge in [-0.25, -0.2) is 4.79 Å². The third-order valence-electron chi connectivity index (χ3n) is 9.96. The first-order valence-electron chi connectivity index (χ1n) is 19.2. The number of aliphatic hydroxyl groups is 1. The molecule has 312 valence electrons. The van der Waals surface area contributed by atoms with Crippen LogP contribution in [0.5, 0.6) is 0 Å². The topological polar surface area (TPSA) is 185 Å². The molecule has 2 rings (SSSR count). The molecule has 15 nitrogen and oxygen atoms in total. The van der Waals surface area contributed by atoms with Crippen LogP contribution >= 0.6 is 0 Å². The van der Waals surface area contributed by atoms with Crippen molar-refractivity contribution in [3.63, 3.8) is 0 Å². The predicted octanol–water partition coefficient (Wildman–Crippen LogP) is 2.87. The molecule has 1 fully saturated rings. The van der Waals surface area contributed by atoms with Gasteiger partial charge in [0.1, 0.15) is 36.0 Å². The van der Waals surface area contributed by atoms with Crippen LogP contribution in [0.25, 0.3) is 0 Å². The zero-order chi connectivity index (χ0) is 41.8. The van der Waals surface area contributed by atoms with Crippen molar-refractivity contribution in [1.29, 1.82) is 0 Å². The van der Waals surface area contributed by atoms with Crippen LogP contribution in [-0.4, -0.2) is 134 Å². The predicted molar refractivity (Wildman–Crippen MR) is 208 cm³/mol. The fourth-order valence-corrected chi connectivity index (χ4v) is 6.88. The second-order valence-electron chi connectivity index (χ2n) is 16.1. The second-order valence-corrected chi connectivity index (χ2v) is 16.1. The Balaban J connectivity index is 2.14. The maximum Gasteiger partial charge on any atom is 0.410 e. The minimum absolute atomic E-state index is 0.0225. The summed E-state index contributed by atoms with van der Waals surface area (Å²) < 4.78 is 22.8. The molecule has 1 aliphatic rings. The van der Waals surface area contributed by atoms with E-state index in [9.17, 15) is 29.1 Å². The number of benzene rings is 1. The quantitative estimate of drug-likeness (QED) is 0.163. The van der Waals surface area contributed by atoms with Crippen molar-refractivity contribution in [3.05, 3.63) is 35.9 Å². The zero-order valence-corrected chi connectivity index (χ0v) is 35.1. The Kier molecular flexibility index (Phi) is 18.5. The van der Waals surface area contributed by atoms with Crippen LogP contribution in [-0.2, 0) is 44.7 Å². The van der Waals surface area contributed by atoms with Crippen molar-refractivity contribution in [2.24, 2.45) is 17.8 Å². The van der Waals surface area contributed by atoms with E-state index in [1.807, 2.05) is 44.2 Å². The SMILES string of the molecule is CC[C@H](C)[C@@H]([C@H](O)CC(=O)NC[C@H]1O[C@@H](C(=O)NCc2ccccc2)[C@@H](OC)[C@@H]1OC)N(C)C(=O)[C@@H](NC(=O)[C@H](C(C)C)N(C)C(=O)OC(C)(C)C)C(C)C. The molecule has 1 heterocycles. The molecule has 0 spiro atoms. The van der Waals surface area contributed by atoms with Crippen LogP contribution in [0.3, 0.4) is 0 Å². The number of rotatable bonds is 19. The minimum atomic E-state index is -1.26. The Hall–Kier alpha value is -3.79. The summed E-state index contributed by atoms with van der Waals surface area (Å²) in [4.78, 5) is 69.7. The first-order valence-corrected chi connectivity index (χ1v) is 19.2. The number of likely N-dealkylation sites (N-methyl/N-ethyl adjacent to an activating group) is 2. The molecule has 0 aliphatic carbocycles. The lowest BCUT2D eigenvalue weighted by Gasteiger charge is -2.39. The van der Waals surface area contributed by atoms with Crippen molar-refractivity contribution >= 4 is 29.7 Å². The summed E-state index contributed by atoms with van der Waals surface area (Å²) in [6.07, 6.45) is -4.77. The van der Waals surface area contributed by atoms with Gasteiger partial charge in [-0.3, -0.25) is 24.1 Å². The van der Waals surface area contributed by atoms with Gasteiger partial charge in [-0.05, 0) is 44.1 Å². The Morgan fingerprint density at radius 2 is 1.49 bits per heavy atom. The van der Waals surface area contributed by atoms with E-state index in [0.29, 0.717) is 13.0 Å². The van der Waals surface area contributed by atoms with Crippen LogP contribution in [0, 0.1) is 17.8 Å². The van der Waals surface area contributed by atoms with Gasteiger partial charge in [-0.15, -0.1) is 0 Å². The number of carbonyl (C=O) groups excluding carboxylic acids is 5. The molecule has 55 heavy (non-hydrogen) atoms. The molecule has 0 bridgehead atoms. The number of methoxy groups -OCH3 is 2. The highest BCUT2D eigenvalue weighted by Crippen LogP contribution is 2.27. The fourth-order valence-electron chi connectivity index (χ4n) is 6.88. The summed E-state index contributed by atoms with van der Waals surface area (Å²) in [5.41, 5.74) is 0.155. The highest BCUT2D eigenvalue weighted by atomic mass is 16.6. The van der Waals surface area contributed by atoms with Crippen molar-refractivity contribution in [1.82, 2.24) is 25.8 Å². The summed E-state index contributed by atoms with van der Waals surface area (Å²) >= 11 is 0. The number of ether oxygens (including phenoxy) is 4. The first-order chi connectivity index (χ1) is 25.7. The number of hydrogen-bond acceptors (Lipinski definition) is 10. The Labute approximate surface area is 327 Å². The van der Waals surface area contributed by atoms with Crippen molar-refractivity contribution < 1.29 is 48.0 Å². The molecule has 5 amide bonds. The summed E-state index contributed by atoms with van der Waals surface area (Å²) in [5.74, 6) is -2.71. The van der Waals surface area contributed by atoms with Gasteiger partial charge in [-0.1, -0.05) is 78.3 Å². The highest BCUT2D eigenvalue weighted by Gasteiger charge is 2.49. The lowest BCUT2D eigenvalue weighted by atomic mass is 9.90. The van der Waals surface area contributed by atoms with E-state index >= 15 is 0 Å². The molecule has 4 N–H and O–H groups in total. The van der Waals surface area contributed by atoms with E-state index in [1.165, 1.54) is 31.1 Å². The van der Waals surface area contributed by atoms with E-state index in [2.05, 4.69) is 16.0 Å². The fraction of sp³-hybridized carbons (Fsp3) is 0.725. The summed E-state index contributed by atoms with van der Waals surface area (Å²) in [6.45, 7) is 16.5. The van der Waals surface area contributed by atoms with Gasteiger partial charge in [0.05, 0.1) is 18.6 Å². The Bertz CT molecular complexity index is 1400. The Morgan fingerprint density at radius 3 is 2.00 bits per heavy atom. The number of nitrogens with one attached hydrogen (secondary N) is 3. The minimum Gasteiger partial charge on any atom is -0.444 e. The molecule has 1 aromatic carbocycles. The molecular weight excluding hydrogens is 710 g/mol. The number of nitrogens with zero attached hydrogens (tertiary/aromatic N) is 2. The van der Waals surface area contributed by atoms with Gasteiger partial charge < -0.3 is 44.9 Å². The van der Waals surface area contributed by atoms with Crippen LogP contribution in [0.15, 0.2) is 30.3 Å². The van der Waals surface area contributed by atoms with Gasteiger partial charge >= 0.3 is 6.09 Å². The lowest BCUT2D eigenvalue weighted by Crippen LogP contribution is -2.60. The maximum atomic E-state index is 14.1. The monoisotopic (exact) mass is 777 g/mol. The number of amides is 5. The molecular formula is C40H67N5O10. The molecule has 15 heteroatoms. The molecule has 9 atom stereocenters. The zero-order valence-electron chi connectivity index (χ0n) is 35.1. The average molecular weight is 778 g/mol. The van der Waals surface area contributed by atoms with E-state index in [-0.39, 0.29) is 36.6 Å². The van der Waals surface area contributed by atoms with Crippen molar-refractivity contribution in [2.75, 3.05) is 34.9 Å². The van der Waals surface area contributed by atoms with E-state index < -0.39 is 78.1 Å². The van der Waals surface area contributed by atoms with Crippen LogP contribution in [0.2, 0.25) is 0 Å². The van der Waals surface area contributed by atoms with E-state index in [1.54, 1.807) is 55.5 Å². The molecule has 1 saturated heterocycles. The molecule has 0 radical (unpaired) electrons. The third-order valence-corrected chi connectivity index (χ3v) is 9.96. The van der Waals surface area contributed by atoms with Gasteiger partial charge in [0.2, 0.25) is 17.7 Å². The largest absolute Gasteiger partial charge is 0.444 e.